The summed E-state index contributed by atoms with van der Waals surface area (Å²) >= 11 is 0. The third-order valence-corrected chi connectivity index (χ3v) is 3.52. The van der Waals surface area contributed by atoms with Crippen molar-refractivity contribution in [2.75, 3.05) is 26.8 Å². The Hall–Kier alpha value is -0.410. The van der Waals surface area contributed by atoms with Gasteiger partial charge in [-0.2, -0.15) is 0 Å². The Morgan fingerprint density at radius 2 is 2.15 bits per heavy atom. The van der Waals surface area contributed by atoms with Crippen LogP contribution >= 0.6 is 0 Å². The molecule has 0 radical (unpaired) electrons. The lowest BCUT2D eigenvalue weighted by molar-refractivity contribution is -0.151. The summed E-state index contributed by atoms with van der Waals surface area (Å²) < 4.78 is 5.14. The van der Waals surface area contributed by atoms with Gasteiger partial charge in [0.25, 0.3) is 0 Å². The van der Waals surface area contributed by atoms with Crippen molar-refractivity contribution in [3.63, 3.8) is 0 Å². The van der Waals surface area contributed by atoms with Gasteiger partial charge >= 0.3 is 0 Å². The van der Waals surface area contributed by atoms with Gasteiger partial charge in [0, 0.05) is 13.0 Å². The average molecular weight is 183 g/mol. The molecule has 13 heavy (non-hydrogen) atoms. The van der Waals surface area contributed by atoms with Crippen molar-refractivity contribution in [2.45, 2.75) is 25.3 Å². The fourth-order valence-corrected chi connectivity index (χ4v) is 2.67. The molecule has 0 aliphatic carbocycles. The second-order valence-electron chi connectivity index (χ2n) is 4.33. The molecule has 0 aromatic carbocycles. The minimum Gasteiger partial charge on any atom is -0.382 e. The number of carbonyl (C=O) groups is 1. The highest BCUT2D eigenvalue weighted by Crippen LogP contribution is 2.35. The molecular formula is C10H17NO2. The summed E-state index contributed by atoms with van der Waals surface area (Å²) in [7, 11) is 1.67. The summed E-state index contributed by atoms with van der Waals surface area (Å²) in [6.07, 6.45) is 2.11. The maximum atomic E-state index is 12.0. The van der Waals surface area contributed by atoms with Gasteiger partial charge in [0.15, 0.2) is 5.78 Å². The van der Waals surface area contributed by atoms with Crippen LogP contribution in [0, 0.1) is 5.92 Å². The molecule has 0 aromatic rings. The molecule has 2 bridgehead atoms. The molecular weight excluding hydrogens is 166 g/mol. The van der Waals surface area contributed by atoms with Gasteiger partial charge < -0.3 is 4.74 Å². The standard InChI is InChI=1S/C10H17NO2/c1-10(7-13-2)9(12)8-3-5-11(10)6-4-8/h8H,3-7H2,1-2H3. The highest BCUT2D eigenvalue weighted by molar-refractivity contribution is 5.91. The van der Waals surface area contributed by atoms with Gasteiger partial charge in [0.1, 0.15) is 5.54 Å². The van der Waals surface area contributed by atoms with E-state index in [4.69, 9.17) is 4.74 Å². The highest BCUT2D eigenvalue weighted by atomic mass is 16.5. The summed E-state index contributed by atoms with van der Waals surface area (Å²) in [5, 5.41) is 0. The molecule has 3 heterocycles. The number of fused-ring (bicyclic) bond motifs is 3. The van der Waals surface area contributed by atoms with Crippen molar-refractivity contribution in [3.05, 3.63) is 0 Å². The van der Waals surface area contributed by atoms with E-state index in [9.17, 15) is 4.79 Å². The number of ketones is 1. The summed E-state index contributed by atoms with van der Waals surface area (Å²) in [6, 6.07) is 0. The van der Waals surface area contributed by atoms with Gasteiger partial charge in [-0.3, -0.25) is 9.69 Å². The second-order valence-corrected chi connectivity index (χ2v) is 4.33. The SMILES string of the molecule is COCC1(C)C(=O)C2CCN1CC2. The van der Waals surface area contributed by atoms with E-state index in [0.29, 0.717) is 18.3 Å². The molecule has 0 aromatic heterocycles. The summed E-state index contributed by atoms with van der Waals surface area (Å²) in [6.45, 7) is 4.69. The normalized spacial score (nSPS) is 44.0. The minimum atomic E-state index is -0.323. The molecule has 3 aliphatic rings. The van der Waals surface area contributed by atoms with Crippen LogP contribution in [0.4, 0.5) is 0 Å². The number of hydrogen-bond acceptors (Lipinski definition) is 3. The molecule has 0 spiro atoms. The van der Waals surface area contributed by atoms with Crippen LogP contribution in [0.3, 0.4) is 0 Å². The Morgan fingerprint density at radius 3 is 2.62 bits per heavy atom. The zero-order valence-corrected chi connectivity index (χ0v) is 8.38. The van der Waals surface area contributed by atoms with Crippen molar-refractivity contribution in [3.8, 4) is 0 Å². The number of nitrogens with zero attached hydrogens (tertiary/aromatic N) is 1. The molecule has 3 fully saturated rings. The first-order valence-electron chi connectivity index (χ1n) is 4.97. The van der Waals surface area contributed by atoms with E-state index in [1.54, 1.807) is 7.11 Å². The topological polar surface area (TPSA) is 29.5 Å². The fourth-order valence-electron chi connectivity index (χ4n) is 2.67. The summed E-state index contributed by atoms with van der Waals surface area (Å²) in [5.41, 5.74) is -0.323. The molecule has 1 atom stereocenters. The molecule has 3 aliphatic heterocycles. The van der Waals surface area contributed by atoms with E-state index in [1.807, 2.05) is 6.92 Å². The number of rotatable bonds is 2. The van der Waals surface area contributed by atoms with Crippen molar-refractivity contribution in [1.82, 2.24) is 4.90 Å². The van der Waals surface area contributed by atoms with Gasteiger partial charge in [-0.05, 0) is 32.9 Å². The minimum absolute atomic E-state index is 0.310. The van der Waals surface area contributed by atoms with E-state index in [2.05, 4.69) is 4.90 Å². The Morgan fingerprint density at radius 1 is 1.54 bits per heavy atom. The molecule has 3 saturated heterocycles. The average Bonchev–Trinajstić information content (AvgIpc) is 2.15. The Balaban J connectivity index is 2.22. The smallest absolute Gasteiger partial charge is 0.158 e. The van der Waals surface area contributed by atoms with Crippen molar-refractivity contribution < 1.29 is 9.53 Å². The number of Topliss-reactive ketones (excluding diaryl/α,β-unsaturated/α-hetero) is 1. The van der Waals surface area contributed by atoms with Crippen LogP contribution in [-0.4, -0.2) is 43.0 Å². The van der Waals surface area contributed by atoms with Crippen LogP contribution in [-0.2, 0) is 9.53 Å². The number of methoxy groups -OCH3 is 1. The van der Waals surface area contributed by atoms with Gasteiger partial charge in [-0.1, -0.05) is 0 Å². The lowest BCUT2D eigenvalue weighted by atomic mass is 9.74. The van der Waals surface area contributed by atoms with E-state index in [-0.39, 0.29) is 5.54 Å². The fraction of sp³-hybridized carbons (Fsp3) is 0.900. The number of carbonyl (C=O) groups excluding carboxylic acids is 1. The van der Waals surface area contributed by atoms with Crippen LogP contribution in [0.25, 0.3) is 0 Å². The lowest BCUT2D eigenvalue weighted by Gasteiger charge is -2.50. The zero-order chi connectivity index (χ0) is 9.47. The summed E-state index contributed by atoms with van der Waals surface area (Å²) in [5.74, 6) is 0.706. The van der Waals surface area contributed by atoms with Crippen molar-refractivity contribution in [1.29, 1.82) is 0 Å². The molecule has 0 N–H and O–H groups in total. The maximum Gasteiger partial charge on any atom is 0.158 e. The molecule has 3 heteroatoms. The number of hydrogen-bond donors (Lipinski definition) is 0. The lowest BCUT2D eigenvalue weighted by Crippen LogP contribution is -2.65. The molecule has 0 saturated carbocycles. The first kappa shape index (κ1) is 9.16. The Bertz CT molecular complexity index is 221. The first-order valence-corrected chi connectivity index (χ1v) is 4.97. The number of piperidine rings is 3. The van der Waals surface area contributed by atoms with Crippen LogP contribution < -0.4 is 0 Å². The van der Waals surface area contributed by atoms with Gasteiger partial charge in [0.2, 0.25) is 0 Å². The van der Waals surface area contributed by atoms with Crippen LogP contribution in [0.15, 0.2) is 0 Å². The zero-order valence-electron chi connectivity index (χ0n) is 8.38. The first-order chi connectivity index (χ1) is 6.18. The predicted molar refractivity (Wildman–Crippen MR) is 49.6 cm³/mol. The van der Waals surface area contributed by atoms with Crippen LogP contribution in [0.1, 0.15) is 19.8 Å². The van der Waals surface area contributed by atoms with E-state index in [1.165, 1.54) is 0 Å². The molecule has 1 unspecified atom stereocenters. The predicted octanol–water partition coefficient (Wildman–Crippen LogP) is 0.686. The Labute approximate surface area is 79.0 Å². The third kappa shape index (κ3) is 1.22. The van der Waals surface area contributed by atoms with E-state index >= 15 is 0 Å². The van der Waals surface area contributed by atoms with Gasteiger partial charge in [-0.25, -0.2) is 0 Å². The molecule has 3 rings (SSSR count). The van der Waals surface area contributed by atoms with Crippen LogP contribution in [0.5, 0.6) is 0 Å². The van der Waals surface area contributed by atoms with Crippen LogP contribution in [0.2, 0.25) is 0 Å². The van der Waals surface area contributed by atoms with E-state index in [0.717, 1.165) is 25.9 Å². The maximum absolute atomic E-state index is 12.0. The molecule has 3 nitrogen and oxygen atoms in total. The largest absolute Gasteiger partial charge is 0.382 e. The molecule has 74 valence electrons. The monoisotopic (exact) mass is 183 g/mol. The highest BCUT2D eigenvalue weighted by Gasteiger charge is 2.49. The van der Waals surface area contributed by atoms with Crippen molar-refractivity contribution in [2.24, 2.45) is 5.92 Å². The number of ether oxygens (including phenoxy) is 1. The van der Waals surface area contributed by atoms with Gasteiger partial charge in [0.05, 0.1) is 6.61 Å². The second kappa shape index (κ2) is 3.07. The Kier molecular flexibility index (Phi) is 2.16. The molecule has 0 amide bonds. The van der Waals surface area contributed by atoms with Crippen molar-refractivity contribution >= 4 is 5.78 Å². The third-order valence-electron chi connectivity index (χ3n) is 3.52. The summed E-state index contributed by atoms with van der Waals surface area (Å²) in [4.78, 5) is 14.3. The quantitative estimate of drug-likeness (QED) is 0.630. The van der Waals surface area contributed by atoms with Gasteiger partial charge in [-0.15, -0.1) is 0 Å². The van der Waals surface area contributed by atoms with E-state index < -0.39 is 0 Å².